The number of hydrogen-bond donors (Lipinski definition) is 0. The highest BCUT2D eigenvalue weighted by Gasteiger charge is 2.20. The molecule has 0 aliphatic carbocycles. The minimum Gasteiger partial charge on any atom is -0.379 e. The highest BCUT2D eigenvalue weighted by Crippen LogP contribution is 2.12. The summed E-state index contributed by atoms with van der Waals surface area (Å²) >= 11 is 0. The molecule has 0 amide bonds. The maximum atomic E-state index is 5.94. The number of rotatable bonds is 6. The topological polar surface area (TPSA) is 24.9 Å². The molecule has 0 saturated carbocycles. The van der Waals surface area contributed by atoms with Crippen LogP contribution in [-0.2, 0) is 15.9 Å². The lowest BCUT2D eigenvalue weighted by Crippen LogP contribution is -2.44. The van der Waals surface area contributed by atoms with Crippen molar-refractivity contribution < 1.29 is 9.47 Å². The normalized spacial score (nSPS) is 24.5. The Bertz CT molecular complexity index is 420. The van der Waals surface area contributed by atoms with Crippen LogP contribution < -0.4 is 0 Å². The highest BCUT2D eigenvalue weighted by atomic mass is 16.5. The van der Waals surface area contributed by atoms with E-state index in [1.165, 1.54) is 25.1 Å². The molecule has 0 unspecified atom stereocenters. The largest absolute Gasteiger partial charge is 0.379 e. The summed E-state index contributed by atoms with van der Waals surface area (Å²) in [6, 6.07) is 10.7. The molecule has 122 valence electrons. The van der Waals surface area contributed by atoms with Crippen molar-refractivity contribution in [3.8, 4) is 0 Å². The third kappa shape index (κ3) is 5.06. The van der Waals surface area contributed by atoms with Crippen molar-refractivity contribution in [1.82, 2.24) is 9.80 Å². The van der Waals surface area contributed by atoms with Crippen LogP contribution in [0.15, 0.2) is 30.3 Å². The fourth-order valence-corrected chi connectivity index (χ4v) is 3.33. The molecule has 4 nitrogen and oxygen atoms in total. The first kappa shape index (κ1) is 15.9. The van der Waals surface area contributed by atoms with Crippen molar-refractivity contribution in [3.05, 3.63) is 35.9 Å². The summed E-state index contributed by atoms with van der Waals surface area (Å²) in [6.07, 6.45) is 2.62. The highest BCUT2D eigenvalue weighted by molar-refractivity contribution is 5.15. The van der Waals surface area contributed by atoms with Crippen molar-refractivity contribution >= 4 is 0 Å². The van der Waals surface area contributed by atoms with Gasteiger partial charge in [0.15, 0.2) is 0 Å². The van der Waals surface area contributed by atoms with E-state index in [1.807, 2.05) is 0 Å². The van der Waals surface area contributed by atoms with Gasteiger partial charge >= 0.3 is 0 Å². The molecule has 2 saturated heterocycles. The van der Waals surface area contributed by atoms with Gasteiger partial charge in [0, 0.05) is 26.2 Å². The minimum atomic E-state index is 0.347. The second kappa shape index (κ2) is 8.63. The molecule has 22 heavy (non-hydrogen) atoms. The zero-order valence-electron chi connectivity index (χ0n) is 13.5. The van der Waals surface area contributed by atoms with Crippen LogP contribution in [0.5, 0.6) is 0 Å². The molecule has 1 aromatic carbocycles. The van der Waals surface area contributed by atoms with Crippen molar-refractivity contribution in [2.75, 3.05) is 59.1 Å². The maximum Gasteiger partial charge on any atom is 0.0742 e. The van der Waals surface area contributed by atoms with E-state index >= 15 is 0 Å². The summed E-state index contributed by atoms with van der Waals surface area (Å²) in [4.78, 5) is 5.09. The van der Waals surface area contributed by atoms with Gasteiger partial charge in [-0.05, 0) is 31.5 Å². The Morgan fingerprint density at radius 3 is 2.45 bits per heavy atom. The van der Waals surface area contributed by atoms with E-state index in [2.05, 4.69) is 40.1 Å². The fourth-order valence-electron chi connectivity index (χ4n) is 3.33. The van der Waals surface area contributed by atoms with Gasteiger partial charge in [-0.1, -0.05) is 30.3 Å². The van der Waals surface area contributed by atoms with E-state index in [4.69, 9.17) is 9.47 Å². The van der Waals surface area contributed by atoms with Crippen LogP contribution in [0.1, 0.15) is 12.0 Å². The minimum absolute atomic E-state index is 0.347. The van der Waals surface area contributed by atoms with Crippen LogP contribution in [0.4, 0.5) is 0 Å². The van der Waals surface area contributed by atoms with E-state index in [1.54, 1.807) is 0 Å². The van der Waals surface area contributed by atoms with Gasteiger partial charge in [-0.15, -0.1) is 0 Å². The molecule has 0 bridgehead atoms. The van der Waals surface area contributed by atoms with Gasteiger partial charge in [-0.3, -0.25) is 9.80 Å². The first-order chi connectivity index (χ1) is 10.9. The van der Waals surface area contributed by atoms with Crippen LogP contribution in [0.3, 0.4) is 0 Å². The zero-order chi connectivity index (χ0) is 15.0. The summed E-state index contributed by atoms with van der Waals surface area (Å²) in [5, 5.41) is 0. The Morgan fingerprint density at radius 1 is 0.909 bits per heavy atom. The van der Waals surface area contributed by atoms with Gasteiger partial charge in [0.25, 0.3) is 0 Å². The number of nitrogens with zero attached hydrogens (tertiary/aromatic N) is 2. The quantitative estimate of drug-likeness (QED) is 0.798. The standard InChI is InChI=1S/C18H28N2O2/c1-2-5-17(6-3-1)15-18-16-20(11-14-22-18)8-4-7-19-9-12-21-13-10-19/h1-3,5-6,18H,4,7-16H2/t18-/m0/s1. The second-order valence-electron chi connectivity index (χ2n) is 6.29. The SMILES string of the molecule is c1ccc(C[C@H]2CN(CCCN3CCOCC3)CCO2)cc1. The summed E-state index contributed by atoms with van der Waals surface area (Å²) < 4.78 is 11.3. The van der Waals surface area contributed by atoms with Gasteiger partial charge in [0.1, 0.15) is 0 Å². The predicted octanol–water partition coefficient (Wildman–Crippen LogP) is 1.65. The average molecular weight is 304 g/mol. The molecular formula is C18H28N2O2. The molecule has 2 fully saturated rings. The Hall–Kier alpha value is -0.940. The maximum absolute atomic E-state index is 5.94. The summed E-state index contributed by atoms with van der Waals surface area (Å²) in [7, 11) is 0. The van der Waals surface area contributed by atoms with Crippen molar-refractivity contribution in [2.45, 2.75) is 18.9 Å². The average Bonchev–Trinajstić information content (AvgIpc) is 2.57. The zero-order valence-corrected chi connectivity index (χ0v) is 13.5. The molecule has 2 aliphatic rings. The Balaban J connectivity index is 1.37. The smallest absolute Gasteiger partial charge is 0.0742 e. The molecule has 0 radical (unpaired) electrons. The first-order valence-corrected chi connectivity index (χ1v) is 8.58. The van der Waals surface area contributed by atoms with Gasteiger partial charge in [-0.2, -0.15) is 0 Å². The molecule has 0 spiro atoms. The molecule has 1 aromatic rings. The van der Waals surface area contributed by atoms with Crippen LogP contribution in [0.2, 0.25) is 0 Å². The summed E-state index contributed by atoms with van der Waals surface area (Å²) in [5.74, 6) is 0. The van der Waals surface area contributed by atoms with Crippen LogP contribution in [0, 0.1) is 0 Å². The van der Waals surface area contributed by atoms with E-state index in [0.717, 1.165) is 52.4 Å². The molecule has 2 heterocycles. The predicted molar refractivity (Wildman–Crippen MR) is 88.2 cm³/mol. The van der Waals surface area contributed by atoms with E-state index in [0.29, 0.717) is 6.10 Å². The number of morpholine rings is 2. The Morgan fingerprint density at radius 2 is 1.64 bits per heavy atom. The van der Waals surface area contributed by atoms with E-state index in [-0.39, 0.29) is 0 Å². The molecule has 0 aromatic heterocycles. The van der Waals surface area contributed by atoms with Crippen molar-refractivity contribution in [2.24, 2.45) is 0 Å². The van der Waals surface area contributed by atoms with E-state index < -0.39 is 0 Å². The number of hydrogen-bond acceptors (Lipinski definition) is 4. The molecule has 1 atom stereocenters. The molecule has 2 aliphatic heterocycles. The van der Waals surface area contributed by atoms with Crippen LogP contribution >= 0.6 is 0 Å². The van der Waals surface area contributed by atoms with Crippen molar-refractivity contribution in [1.29, 1.82) is 0 Å². The van der Waals surface area contributed by atoms with Gasteiger partial charge < -0.3 is 9.47 Å². The molecule has 4 heteroatoms. The number of benzene rings is 1. The van der Waals surface area contributed by atoms with Gasteiger partial charge in [0.05, 0.1) is 25.9 Å². The third-order valence-electron chi connectivity index (χ3n) is 4.58. The number of ether oxygens (including phenoxy) is 2. The third-order valence-corrected chi connectivity index (χ3v) is 4.58. The lowest BCUT2D eigenvalue weighted by Gasteiger charge is -2.34. The lowest BCUT2D eigenvalue weighted by atomic mass is 10.1. The Labute approximate surface area is 134 Å². The first-order valence-electron chi connectivity index (χ1n) is 8.58. The van der Waals surface area contributed by atoms with Crippen LogP contribution in [-0.4, -0.2) is 75.0 Å². The second-order valence-corrected chi connectivity index (χ2v) is 6.29. The molecule has 3 rings (SSSR count). The fraction of sp³-hybridized carbons (Fsp3) is 0.667. The van der Waals surface area contributed by atoms with Gasteiger partial charge in [-0.25, -0.2) is 0 Å². The Kier molecular flexibility index (Phi) is 6.25. The van der Waals surface area contributed by atoms with Crippen LogP contribution in [0.25, 0.3) is 0 Å². The molecular weight excluding hydrogens is 276 g/mol. The molecule has 0 N–H and O–H groups in total. The van der Waals surface area contributed by atoms with Crippen molar-refractivity contribution in [3.63, 3.8) is 0 Å². The summed E-state index contributed by atoms with van der Waals surface area (Å²) in [5.41, 5.74) is 1.38. The monoisotopic (exact) mass is 304 g/mol. The van der Waals surface area contributed by atoms with E-state index in [9.17, 15) is 0 Å². The lowest BCUT2D eigenvalue weighted by molar-refractivity contribution is -0.0293. The summed E-state index contributed by atoms with van der Waals surface area (Å²) in [6.45, 7) is 9.39. The van der Waals surface area contributed by atoms with Gasteiger partial charge in [0.2, 0.25) is 0 Å².